The summed E-state index contributed by atoms with van der Waals surface area (Å²) in [6, 6.07) is 11.0. The molecule has 0 bridgehead atoms. The first-order chi connectivity index (χ1) is 13.6. The first-order valence-corrected chi connectivity index (χ1v) is 10.8. The second kappa shape index (κ2) is 8.96. The van der Waals surface area contributed by atoms with E-state index in [1.165, 1.54) is 17.7 Å². The van der Waals surface area contributed by atoms with Crippen LogP contribution >= 0.6 is 46.6 Å². The molecule has 29 heavy (non-hydrogen) atoms. The molecule has 0 atom stereocenters. The number of rotatable bonds is 5. The number of carbonyl (C=O) groups is 1. The summed E-state index contributed by atoms with van der Waals surface area (Å²) in [5.41, 5.74) is 2.42. The summed E-state index contributed by atoms with van der Waals surface area (Å²) in [5.74, 6) is 0.146. The molecular formula is C20H18Cl3N3O2S. The van der Waals surface area contributed by atoms with Crippen molar-refractivity contribution in [3.63, 3.8) is 0 Å². The van der Waals surface area contributed by atoms with E-state index in [-0.39, 0.29) is 27.1 Å². The van der Waals surface area contributed by atoms with Crippen molar-refractivity contribution in [2.24, 2.45) is 0 Å². The second-order valence-corrected chi connectivity index (χ2v) is 9.46. The Morgan fingerprint density at radius 1 is 1.07 bits per heavy atom. The van der Waals surface area contributed by atoms with Crippen LogP contribution in [0.3, 0.4) is 0 Å². The lowest BCUT2D eigenvalue weighted by Gasteiger charge is -2.18. The van der Waals surface area contributed by atoms with E-state index in [0.29, 0.717) is 21.8 Å². The molecule has 0 aliphatic heterocycles. The first-order valence-electron chi connectivity index (χ1n) is 8.65. The molecule has 0 aliphatic rings. The highest BCUT2D eigenvalue weighted by molar-refractivity contribution is 7.99. The van der Waals surface area contributed by atoms with Crippen molar-refractivity contribution in [1.29, 1.82) is 0 Å². The number of hydrogen-bond acceptors (Lipinski definition) is 5. The van der Waals surface area contributed by atoms with Gasteiger partial charge in [0.2, 0.25) is 11.8 Å². The molecule has 1 heterocycles. The Balaban J connectivity index is 1.61. The highest BCUT2D eigenvalue weighted by Crippen LogP contribution is 2.34. The number of thioether (sulfide) groups is 1. The summed E-state index contributed by atoms with van der Waals surface area (Å²) in [6.45, 7) is 6.46. The molecule has 0 spiro atoms. The minimum Gasteiger partial charge on any atom is -0.411 e. The molecule has 1 aromatic heterocycles. The molecule has 152 valence electrons. The fourth-order valence-electron chi connectivity index (χ4n) is 2.46. The highest BCUT2D eigenvalue weighted by atomic mass is 35.5. The largest absolute Gasteiger partial charge is 0.411 e. The molecule has 9 heteroatoms. The molecule has 0 saturated carbocycles. The molecule has 5 nitrogen and oxygen atoms in total. The lowest BCUT2D eigenvalue weighted by Crippen LogP contribution is -2.14. The van der Waals surface area contributed by atoms with Gasteiger partial charge in [0.15, 0.2) is 0 Å². The monoisotopic (exact) mass is 469 g/mol. The minimum atomic E-state index is -0.310. The first kappa shape index (κ1) is 22.0. The lowest BCUT2D eigenvalue weighted by atomic mass is 9.87. The number of benzene rings is 2. The summed E-state index contributed by atoms with van der Waals surface area (Å²) >= 11 is 19.1. The van der Waals surface area contributed by atoms with Crippen molar-refractivity contribution in [1.82, 2.24) is 10.2 Å². The van der Waals surface area contributed by atoms with Crippen LogP contribution in [-0.2, 0) is 10.2 Å². The van der Waals surface area contributed by atoms with Gasteiger partial charge in [-0.2, -0.15) is 0 Å². The molecule has 3 aromatic rings. The molecule has 0 radical (unpaired) electrons. The third kappa shape index (κ3) is 5.66. The Bertz CT molecular complexity index is 1010. The summed E-state index contributed by atoms with van der Waals surface area (Å²) in [7, 11) is 0. The Morgan fingerprint density at radius 3 is 2.28 bits per heavy atom. The van der Waals surface area contributed by atoms with Crippen LogP contribution in [0.2, 0.25) is 15.1 Å². The number of amides is 1. The van der Waals surface area contributed by atoms with Crippen LogP contribution in [0, 0.1) is 0 Å². The van der Waals surface area contributed by atoms with E-state index >= 15 is 0 Å². The number of hydrogen-bond donors (Lipinski definition) is 1. The fraction of sp³-hybridized carbons (Fsp3) is 0.250. The summed E-state index contributed by atoms with van der Waals surface area (Å²) in [4.78, 5) is 12.2. The molecule has 0 saturated heterocycles. The Hall–Kier alpha value is -1.73. The van der Waals surface area contributed by atoms with Crippen molar-refractivity contribution < 1.29 is 9.21 Å². The third-order valence-electron chi connectivity index (χ3n) is 4.00. The average molecular weight is 471 g/mol. The Morgan fingerprint density at radius 2 is 1.69 bits per heavy atom. The van der Waals surface area contributed by atoms with Gasteiger partial charge in [0.25, 0.3) is 5.22 Å². The van der Waals surface area contributed by atoms with Crippen LogP contribution in [0.1, 0.15) is 26.3 Å². The van der Waals surface area contributed by atoms with Crippen LogP contribution in [0.25, 0.3) is 11.5 Å². The molecule has 1 amide bonds. The van der Waals surface area contributed by atoms with Gasteiger partial charge in [-0.1, -0.05) is 79.5 Å². The normalized spacial score (nSPS) is 11.5. The fourth-order valence-corrected chi connectivity index (χ4v) is 3.94. The van der Waals surface area contributed by atoms with Gasteiger partial charge in [-0.25, -0.2) is 0 Å². The highest BCUT2D eigenvalue weighted by Gasteiger charge is 2.16. The van der Waals surface area contributed by atoms with E-state index in [9.17, 15) is 4.79 Å². The van der Waals surface area contributed by atoms with Gasteiger partial charge >= 0.3 is 0 Å². The smallest absolute Gasteiger partial charge is 0.277 e. The Kier molecular flexibility index (Phi) is 6.79. The van der Waals surface area contributed by atoms with Gasteiger partial charge in [0, 0.05) is 10.6 Å². The van der Waals surface area contributed by atoms with E-state index in [1.807, 2.05) is 24.3 Å². The van der Waals surface area contributed by atoms with Crippen LogP contribution in [0.15, 0.2) is 46.0 Å². The molecular weight excluding hydrogens is 453 g/mol. The van der Waals surface area contributed by atoms with Crippen molar-refractivity contribution >= 4 is 58.2 Å². The summed E-state index contributed by atoms with van der Waals surface area (Å²) in [5, 5.41) is 11.9. The predicted octanol–water partition coefficient (Wildman–Crippen LogP) is 6.73. The number of anilines is 1. The van der Waals surface area contributed by atoms with Gasteiger partial charge in [0.1, 0.15) is 0 Å². The molecule has 0 fully saturated rings. The maximum absolute atomic E-state index is 12.2. The van der Waals surface area contributed by atoms with Gasteiger partial charge < -0.3 is 9.73 Å². The molecule has 1 N–H and O–H groups in total. The molecule has 2 aromatic carbocycles. The van der Waals surface area contributed by atoms with E-state index in [1.54, 1.807) is 0 Å². The quantitative estimate of drug-likeness (QED) is 0.419. The minimum absolute atomic E-state index is 0.0554. The SMILES string of the molecule is CC(C)(C)c1ccc(-c2nnc(SCC(=O)Nc3c(Cl)cc(Cl)cc3Cl)o2)cc1. The molecule has 0 aliphatic carbocycles. The van der Waals surface area contributed by atoms with Crippen molar-refractivity contribution in [3.05, 3.63) is 57.0 Å². The number of halogens is 3. The zero-order valence-corrected chi connectivity index (χ0v) is 19.0. The Labute approximate surface area is 188 Å². The van der Waals surface area contributed by atoms with Crippen LogP contribution in [0.4, 0.5) is 5.69 Å². The maximum atomic E-state index is 12.2. The van der Waals surface area contributed by atoms with Gasteiger partial charge in [0.05, 0.1) is 21.5 Å². The van der Waals surface area contributed by atoms with Gasteiger partial charge in [-0.15, -0.1) is 10.2 Å². The average Bonchev–Trinajstić information content (AvgIpc) is 3.11. The van der Waals surface area contributed by atoms with Gasteiger partial charge in [-0.05, 0) is 35.2 Å². The lowest BCUT2D eigenvalue weighted by molar-refractivity contribution is -0.113. The summed E-state index contributed by atoms with van der Waals surface area (Å²) in [6.07, 6.45) is 0. The standard InChI is InChI=1S/C20H18Cl3N3O2S/c1-20(2,3)12-6-4-11(5-7-12)18-25-26-19(28-18)29-10-16(27)24-17-14(22)8-13(21)9-15(17)23/h4-9H,10H2,1-3H3,(H,24,27). The number of nitrogens with one attached hydrogen (secondary N) is 1. The third-order valence-corrected chi connectivity index (χ3v) is 5.64. The van der Waals surface area contributed by atoms with E-state index < -0.39 is 0 Å². The summed E-state index contributed by atoms with van der Waals surface area (Å²) < 4.78 is 5.65. The van der Waals surface area contributed by atoms with Gasteiger partial charge in [-0.3, -0.25) is 4.79 Å². The number of aromatic nitrogens is 2. The van der Waals surface area contributed by atoms with Crippen LogP contribution < -0.4 is 5.32 Å². The molecule has 0 unspecified atom stereocenters. The van der Waals surface area contributed by atoms with E-state index in [0.717, 1.165) is 17.3 Å². The number of nitrogens with zero attached hydrogens (tertiary/aromatic N) is 2. The predicted molar refractivity (Wildman–Crippen MR) is 119 cm³/mol. The van der Waals surface area contributed by atoms with Crippen molar-refractivity contribution in [3.8, 4) is 11.5 Å². The van der Waals surface area contributed by atoms with Crippen molar-refractivity contribution in [2.75, 3.05) is 11.1 Å². The van der Waals surface area contributed by atoms with Crippen molar-refractivity contribution in [2.45, 2.75) is 31.4 Å². The zero-order chi connectivity index (χ0) is 21.2. The maximum Gasteiger partial charge on any atom is 0.277 e. The topological polar surface area (TPSA) is 68.0 Å². The second-order valence-electron chi connectivity index (χ2n) is 7.28. The molecule has 3 rings (SSSR count). The van der Waals surface area contributed by atoms with E-state index in [4.69, 9.17) is 39.2 Å². The zero-order valence-electron chi connectivity index (χ0n) is 15.9. The van der Waals surface area contributed by atoms with E-state index in [2.05, 4.69) is 36.3 Å². The van der Waals surface area contributed by atoms with Crippen LogP contribution in [-0.4, -0.2) is 21.9 Å². The van der Waals surface area contributed by atoms with Crippen LogP contribution in [0.5, 0.6) is 0 Å². The number of carbonyl (C=O) groups excluding carboxylic acids is 1.